The molecule has 2 fully saturated rings. The van der Waals surface area contributed by atoms with Gasteiger partial charge in [-0.1, -0.05) is 42.5 Å². The minimum Gasteiger partial charge on any atom is -0.368 e. The van der Waals surface area contributed by atoms with Crippen LogP contribution in [0.3, 0.4) is 0 Å². The molecule has 2 amide bonds. The number of rotatable bonds is 3. The van der Waals surface area contributed by atoms with Crippen LogP contribution in [0.25, 0.3) is 10.8 Å². The molecule has 0 spiro atoms. The van der Waals surface area contributed by atoms with Crippen molar-refractivity contribution in [3.05, 3.63) is 48.0 Å². The summed E-state index contributed by atoms with van der Waals surface area (Å²) in [4.78, 5) is 28.9. The van der Waals surface area contributed by atoms with E-state index in [1.54, 1.807) is 0 Å². The fraction of sp³-hybridized carbons (Fsp3) is 0.429. The Labute approximate surface area is 153 Å². The predicted molar refractivity (Wildman–Crippen MR) is 99.8 cm³/mol. The van der Waals surface area contributed by atoms with Gasteiger partial charge in [-0.05, 0) is 29.2 Å². The zero-order chi connectivity index (χ0) is 17.9. The molecule has 2 aliphatic heterocycles. The lowest BCUT2D eigenvalue weighted by atomic mass is 10.0. The Morgan fingerprint density at radius 2 is 1.69 bits per heavy atom. The summed E-state index contributed by atoms with van der Waals surface area (Å²) < 4.78 is 5.49. The summed E-state index contributed by atoms with van der Waals surface area (Å²) in [6.07, 6.45) is 1.91. The van der Waals surface area contributed by atoms with E-state index in [0.29, 0.717) is 39.2 Å². The molecule has 1 atom stereocenters. The highest BCUT2D eigenvalue weighted by Gasteiger charge is 2.31. The molecule has 5 heteroatoms. The van der Waals surface area contributed by atoms with Crippen LogP contribution in [0.5, 0.6) is 0 Å². The van der Waals surface area contributed by atoms with Gasteiger partial charge in [0.2, 0.25) is 5.91 Å². The Hall–Kier alpha value is -2.40. The van der Waals surface area contributed by atoms with Crippen molar-refractivity contribution in [3.8, 4) is 0 Å². The summed E-state index contributed by atoms with van der Waals surface area (Å²) in [6, 6.07) is 14.2. The normalized spacial score (nSPS) is 20.5. The van der Waals surface area contributed by atoms with Gasteiger partial charge in [-0.2, -0.15) is 0 Å². The molecule has 2 aliphatic rings. The number of nitrogens with zero attached hydrogens (tertiary/aromatic N) is 2. The number of carbonyl (C=O) groups excluding carboxylic acids is 2. The molecular weight excluding hydrogens is 328 g/mol. The molecule has 0 aromatic heterocycles. The summed E-state index contributed by atoms with van der Waals surface area (Å²) in [7, 11) is 0. The Balaban J connectivity index is 1.37. The first kappa shape index (κ1) is 17.0. The number of fused-ring (bicyclic) bond motifs is 1. The van der Waals surface area contributed by atoms with Gasteiger partial charge in [-0.15, -0.1) is 0 Å². The number of carbonyl (C=O) groups is 2. The Kier molecular flexibility index (Phi) is 4.89. The number of benzene rings is 2. The molecule has 0 unspecified atom stereocenters. The second kappa shape index (κ2) is 7.46. The largest absolute Gasteiger partial charge is 0.368 e. The highest BCUT2D eigenvalue weighted by atomic mass is 16.5. The van der Waals surface area contributed by atoms with Crippen LogP contribution < -0.4 is 0 Å². The van der Waals surface area contributed by atoms with Crippen molar-refractivity contribution >= 4 is 22.6 Å². The van der Waals surface area contributed by atoms with Crippen LogP contribution >= 0.6 is 0 Å². The average Bonchev–Trinajstić information content (AvgIpc) is 3.23. The van der Waals surface area contributed by atoms with Crippen molar-refractivity contribution in [3.63, 3.8) is 0 Å². The summed E-state index contributed by atoms with van der Waals surface area (Å²) in [5.41, 5.74) is 1.06. The van der Waals surface area contributed by atoms with E-state index >= 15 is 0 Å². The number of piperazine rings is 1. The predicted octanol–water partition coefficient (Wildman–Crippen LogP) is 2.23. The molecule has 2 saturated heterocycles. The van der Waals surface area contributed by atoms with E-state index < -0.39 is 0 Å². The van der Waals surface area contributed by atoms with Crippen LogP contribution in [0.15, 0.2) is 42.5 Å². The molecule has 2 heterocycles. The topological polar surface area (TPSA) is 49.9 Å². The Bertz CT molecular complexity index is 801. The van der Waals surface area contributed by atoms with Crippen LogP contribution in [0.4, 0.5) is 0 Å². The number of amides is 2. The van der Waals surface area contributed by atoms with Crippen molar-refractivity contribution in [1.82, 2.24) is 9.80 Å². The van der Waals surface area contributed by atoms with E-state index in [-0.39, 0.29) is 17.9 Å². The number of hydrogen-bond acceptors (Lipinski definition) is 3. The third-order valence-electron chi connectivity index (χ3n) is 5.37. The highest BCUT2D eigenvalue weighted by molar-refractivity contribution is 5.90. The van der Waals surface area contributed by atoms with E-state index in [4.69, 9.17) is 4.74 Å². The lowest BCUT2D eigenvalue weighted by Crippen LogP contribution is -2.53. The first-order valence-electron chi connectivity index (χ1n) is 9.37. The fourth-order valence-corrected chi connectivity index (χ4v) is 3.87. The number of hydrogen-bond donors (Lipinski definition) is 0. The van der Waals surface area contributed by atoms with Crippen LogP contribution in [0, 0.1) is 0 Å². The van der Waals surface area contributed by atoms with E-state index in [1.165, 1.54) is 0 Å². The molecule has 26 heavy (non-hydrogen) atoms. The maximum atomic E-state index is 12.7. The summed E-state index contributed by atoms with van der Waals surface area (Å²) in [5, 5.41) is 2.29. The zero-order valence-corrected chi connectivity index (χ0v) is 14.9. The standard InChI is InChI=1S/C21H24N2O3/c24-20(15-17-7-3-6-16-5-1-2-8-18(16)17)22-10-12-23(13-11-22)21(25)19-9-4-14-26-19/h1-3,5-8,19H,4,9-15H2/t19-/m1/s1. The van der Waals surface area contributed by atoms with Crippen molar-refractivity contribution in [1.29, 1.82) is 0 Å². The monoisotopic (exact) mass is 352 g/mol. The first-order chi connectivity index (χ1) is 12.7. The summed E-state index contributed by atoms with van der Waals surface area (Å²) in [5.74, 6) is 0.217. The molecule has 4 rings (SSSR count). The van der Waals surface area contributed by atoms with Crippen molar-refractivity contribution < 1.29 is 14.3 Å². The molecular formula is C21H24N2O3. The molecule has 0 radical (unpaired) electrons. The highest BCUT2D eigenvalue weighted by Crippen LogP contribution is 2.20. The van der Waals surface area contributed by atoms with Gasteiger partial charge in [-0.3, -0.25) is 9.59 Å². The second-order valence-corrected chi connectivity index (χ2v) is 7.02. The van der Waals surface area contributed by atoms with Crippen LogP contribution in [0.2, 0.25) is 0 Å². The van der Waals surface area contributed by atoms with Gasteiger partial charge in [-0.25, -0.2) is 0 Å². The van der Waals surface area contributed by atoms with Gasteiger partial charge in [0.1, 0.15) is 6.10 Å². The lowest BCUT2D eigenvalue weighted by molar-refractivity contribution is -0.145. The molecule has 2 aromatic rings. The number of ether oxygens (including phenoxy) is 1. The minimum absolute atomic E-state index is 0.0867. The van der Waals surface area contributed by atoms with Crippen molar-refractivity contribution in [2.45, 2.75) is 25.4 Å². The summed E-state index contributed by atoms with van der Waals surface area (Å²) >= 11 is 0. The smallest absolute Gasteiger partial charge is 0.251 e. The molecule has 0 saturated carbocycles. The van der Waals surface area contributed by atoms with Crippen molar-refractivity contribution in [2.24, 2.45) is 0 Å². The molecule has 136 valence electrons. The zero-order valence-electron chi connectivity index (χ0n) is 14.9. The maximum Gasteiger partial charge on any atom is 0.251 e. The summed E-state index contributed by atoms with van der Waals surface area (Å²) in [6.45, 7) is 3.07. The second-order valence-electron chi connectivity index (χ2n) is 7.02. The third kappa shape index (κ3) is 3.44. The van der Waals surface area contributed by atoms with E-state index in [9.17, 15) is 9.59 Å². The van der Waals surface area contributed by atoms with Gasteiger partial charge in [0.15, 0.2) is 0 Å². The quantitative estimate of drug-likeness (QED) is 0.851. The average molecular weight is 352 g/mol. The van der Waals surface area contributed by atoms with E-state index in [0.717, 1.165) is 29.2 Å². The molecule has 0 bridgehead atoms. The molecule has 5 nitrogen and oxygen atoms in total. The van der Waals surface area contributed by atoms with Crippen molar-refractivity contribution in [2.75, 3.05) is 32.8 Å². The first-order valence-corrected chi connectivity index (χ1v) is 9.37. The minimum atomic E-state index is -0.270. The SMILES string of the molecule is O=C(Cc1cccc2ccccc12)N1CCN(C(=O)[C@H]2CCCO2)CC1. The van der Waals surface area contributed by atoms with Crippen LogP contribution in [0.1, 0.15) is 18.4 Å². The Morgan fingerprint density at radius 3 is 2.46 bits per heavy atom. The van der Waals surface area contributed by atoms with E-state index in [2.05, 4.69) is 18.2 Å². The molecule has 0 aliphatic carbocycles. The van der Waals surface area contributed by atoms with Gasteiger partial charge < -0.3 is 14.5 Å². The van der Waals surface area contributed by atoms with Gasteiger partial charge in [0, 0.05) is 32.8 Å². The van der Waals surface area contributed by atoms with Crippen LogP contribution in [-0.4, -0.2) is 60.5 Å². The lowest BCUT2D eigenvalue weighted by Gasteiger charge is -2.35. The molecule has 0 N–H and O–H groups in total. The van der Waals surface area contributed by atoms with Gasteiger partial charge in [0.05, 0.1) is 6.42 Å². The third-order valence-corrected chi connectivity index (χ3v) is 5.37. The van der Waals surface area contributed by atoms with E-state index in [1.807, 2.05) is 34.1 Å². The van der Waals surface area contributed by atoms with Gasteiger partial charge >= 0.3 is 0 Å². The van der Waals surface area contributed by atoms with Gasteiger partial charge in [0.25, 0.3) is 5.91 Å². The van der Waals surface area contributed by atoms with Crippen LogP contribution in [-0.2, 0) is 20.7 Å². The molecule has 2 aromatic carbocycles. The fourth-order valence-electron chi connectivity index (χ4n) is 3.87. The maximum absolute atomic E-state index is 12.7. The Morgan fingerprint density at radius 1 is 0.962 bits per heavy atom.